The molecule has 1 aromatic rings. The van der Waals surface area contributed by atoms with Gasteiger partial charge in [-0.15, -0.1) is 0 Å². The predicted molar refractivity (Wildman–Crippen MR) is 84.9 cm³/mol. The van der Waals surface area contributed by atoms with E-state index in [-0.39, 0.29) is 18.1 Å². The lowest BCUT2D eigenvalue weighted by atomic mass is 10.0. The first-order valence-electron chi connectivity index (χ1n) is 8.21. The third-order valence-corrected chi connectivity index (χ3v) is 4.94. The van der Waals surface area contributed by atoms with Crippen LogP contribution in [-0.2, 0) is 4.79 Å². The van der Waals surface area contributed by atoms with Crippen molar-refractivity contribution < 1.29 is 4.79 Å². The van der Waals surface area contributed by atoms with Gasteiger partial charge in [-0.05, 0) is 35.8 Å². The third-order valence-electron chi connectivity index (χ3n) is 4.94. The van der Waals surface area contributed by atoms with Gasteiger partial charge in [-0.1, -0.05) is 52.0 Å². The van der Waals surface area contributed by atoms with Crippen LogP contribution in [0.2, 0.25) is 0 Å². The zero-order valence-electron chi connectivity index (χ0n) is 13.5. The lowest BCUT2D eigenvalue weighted by Gasteiger charge is -2.25. The molecule has 0 bridgehead atoms. The van der Waals surface area contributed by atoms with Crippen molar-refractivity contribution in [2.45, 2.75) is 64.7 Å². The molecule has 1 aromatic carbocycles. The molecule has 1 heterocycles. The molecule has 1 aliphatic heterocycles. The summed E-state index contributed by atoms with van der Waals surface area (Å²) in [6.45, 7) is 8.72. The third kappa shape index (κ3) is 2.59. The number of nitrogens with one attached hydrogen (secondary N) is 1. The van der Waals surface area contributed by atoms with Crippen LogP contribution >= 0.6 is 0 Å². The first kappa shape index (κ1) is 14.6. The summed E-state index contributed by atoms with van der Waals surface area (Å²) in [5, 5.41) is 3.52. The summed E-state index contributed by atoms with van der Waals surface area (Å²) in [5.74, 6) is 1.47. The average Bonchev–Trinajstić information content (AvgIpc) is 3.09. The van der Waals surface area contributed by atoms with Gasteiger partial charge in [0, 0.05) is 6.04 Å². The van der Waals surface area contributed by atoms with E-state index in [4.69, 9.17) is 0 Å². The van der Waals surface area contributed by atoms with Crippen LogP contribution in [0.3, 0.4) is 0 Å². The van der Waals surface area contributed by atoms with Gasteiger partial charge in [-0.2, -0.15) is 0 Å². The molecular formula is C18H26N2O. The second kappa shape index (κ2) is 5.45. The number of hydrogen-bond donors (Lipinski definition) is 1. The molecule has 0 aromatic heterocycles. The summed E-state index contributed by atoms with van der Waals surface area (Å²) in [5.41, 5.74) is 2.56. The summed E-state index contributed by atoms with van der Waals surface area (Å²) in [7, 11) is 0. The lowest BCUT2D eigenvalue weighted by molar-refractivity contribution is -0.130. The van der Waals surface area contributed by atoms with Gasteiger partial charge in [-0.3, -0.25) is 10.1 Å². The summed E-state index contributed by atoms with van der Waals surface area (Å²) in [6.07, 6.45) is 2.06. The van der Waals surface area contributed by atoms with Crippen molar-refractivity contribution in [1.82, 2.24) is 10.2 Å². The Hall–Kier alpha value is -1.35. The number of carbonyl (C=O) groups excluding carboxylic acids is 1. The van der Waals surface area contributed by atoms with Crippen molar-refractivity contribution in [3.8, 4) is 0 Å². The zero-order chi connectivity index (χ0) is 15.1. The van der Waals surface area contributed by atoms with Gasteiger partial charge in [-0.25, -0.2) is 0 Å². The van der Waals surface area contributed by atoms with Crippen LogP contribution in [0.4, 0.5) is 0 Å². The van der Waals surface area contributed by atoms with Gasteiger partial charge in [0.2, 0.25) is 5.91 Å². The molecule has 2 aliphatic rings. The predicted octanol–water partition coefficient (Wildman–Crippen LogP) is 3.43. The monoisotopic (exact) mass is 286 g/mol. The van der Waals surface area contributed by atoms with E-state index in [1.807, 2.05) is 0 Å². The molecule has 1 saturated heterocycles. The largest absolute Gasteiger partial charge is 0.318 e. The molecule has 1 saturated carbocycles. The highest BCUT2D eigenvalue weighted by molar-refractivity contribution is 5.85. The quantitative estimate of drug-likeness (QED) is 0.919. The number of amides is 1. The molecule has 1 N–H and O–H groups in total. The highest BCUT2D eigenvalue weighted by Gasteiger charge is 2.49. The second-order valence-corrected chi connectivity index (χ2v) is 6.88. The van der Waals surface area contributed by atoms with E-state index in [2.05, 4.69) is 62.2 Å². The first-order valence-corrected chi connectivity index (χ1v) is 8.21. The van der Waals surface area contributed by atoms with Gasteiger partial charge < -0.3 is 4.90 Å². The van der Waals surface area contributed by atoms with E-state index in [1.165, 1.54) is 11.1 Å². The minimum absolute atomic E-state index is 0.0208. The number of nitrogens with zero attached hydrogens (tertiary/aromatic N) is 1. The molecule has 3 heteroatoms. The minimum atomic E-state index is -0.0208. The van der Waals surface area contributed by atoms with Crippen LogP contribution < -0.4 is 5.32 Å². The van der Waals surface area contributed by atoms with Crippen molar-refractivity contribution in [1.29, 1.82) is 0 Å². The number of carbonyl (C=O) groups is 1. The van der Waals surface area contributed by atoms with E-state index < -0.39 is 0 Å². The fourth-order valence-corrected chi connectivity index (χ4v) is 3.31. The molecular weight excluding hydrogens is 260 g/mol. The molecule has 3 rings (SSSR count). The fourth-order valence-electron chi connectivity index (χ4n) is 3.31. The molecule has 4 unspecified atom stereocenters. The molecule has 21 heavy (non-hydrogen) atoms. The van der Waals surface area contributed by atoms with Gasteiger partial charge in [0.15, 0.2) is 0 Å². The normalized spacial score (nSPS) is 32.0. The Bertz CT molecular complexity index is 523. The second-order valence-electron chi connectivity index (χ2n) is 6.88. The van der Waals surface area contributed by atoms with Crippen molar-refractivity contribution in [2.75, 3.05) is 0 Å². The van der Waals surface area contributed by atoms with Crippen LogP contribution in [0.5, 0.6) is 0 Å². The van der Waals surface area contributed by atoms with Crippen molar-refractivity contribution in [3.05, 3.63) is 35.4 Å². The minimum Gasteiger partial charge on any atom is -0.318 e. The first-order chi connectivity index (χ1) is 10.0. The maximum atomic E-state index is 12.6. The van der Waals surface area contributed by atoms with Gasteiger partial charge in [0.25, 0.3) is 0 Å². The van der Waals surface area contributed by atoms with Crippen molar-refractivity contribution in [3.63, 3.8) is 0 Å². The fraction of sp³-hybridized carbons (Fsp3) is 0.611. The maximum absolute atomic E-state index is 12.6. The van der Waals surface area contributed by atoms with Crippen molar-refractivity contribution in [2.24, 2.45) is 5.92 Å². The SMILES string of the molecule is CCC1NC(c2ccc(C(C)C)cc2)N(C2CC2C)C1=O. The molecule has 2 fully saturated rings. The van der Waals surface area contributed by atoms with Crippen molar-refractivity contribution >= 4 is 5.91 Å². The summed E-state index contributed by atoms with van der Waals surface area (Å²) >= 11 is 0. The highest BCUT2D eigenvalue weighted by Crippen LogP contribution is 2.42. The van der Waals surface area contributed by atoms with Crippen LogP contribution in [0.15, 0.2) is 24.3 Å². The Kier molecular flexibility index (Phi) is 3.78. The standard InChI is InChI=1S/C18H26N2O/c1-5-15-18(21)20(16-10-12(16)4)17(19-15)14-8-6-13(7-9-14)11(2)3/h6-9,11-12,15-17,19H,5,10H2,1-4H3. The Balaban J connectivity index is 1.86. The zero-order valence-corrected chi connectivity index (χ0v) is 13.5. The van der Waals surface area contributed by atoms with Crippen LogP contribution in [0.1, 0.15) is 63.7 Å². The maximum Gasteiger partial charge on any atom is 0.241 e. The molecule has 4 atom stereocenters. The van der Waals surface area contributed by atoms with Crippen LogP contribution in [0, 0.1) is 5.92 Å². The Labute approximate surface area is 127 Å². The molecule has 1 aliphatic carbocycles. The molecule has 0 radical (unpaired) electrons. The molecule has 1 amide bonds. The number of hydrogen-bond acceptors (Lipinski definition) is 2. The molecule has 114 valence electrons. The van der Waals surface area contributed by atoms with Crippen LogP contribution in [-0.4, -0.2) is 22.9 Å². The van der Waals surface area contributed by atoms with E-state index in [9.17, 15) is 4.79 Å². The number of benzene rings is 1. The van der Waals surface area contributed by atoms with Gasteiger partial charge in [0.05, 0.1) is 6.04 Å². The number of rotatable bonds is 4. The Morgan fingerprint density at radius 3 is 2.38 bits per heavy atom. The highest BCUT2D eigenvalue weighted by atomic mass is 16.2. The van der Waals surface area contributed by atoms with E-state index in [0.717, 1.165) is 12.8 Å². The molecule has 0 spiro atoms. The smallest absolute Gasteiger partial charge is 0.241 e. The molecule has 3 nitrogen and oxygen atoms in total. The topological polar surface area (TPSA) is 32.3 Å². The van der Waals surface area contributed by atoms with E-state index >= 15 is 0 Å². The van der Waals surface area contributed by atoms with Gasteiger partial charge >= 0.3 is 0 Å². The average molecular weight is 286 g/mol. The Morgan fingerprint density at radius 1 is 1.29 bits per heavy atom. The summed E-state index contributed by atoms with van der Waals surface area (Å²) < 4.78 is 0. The van der Waals surface area contributed by atoms with Gasteiger partial charge in [0.1, 0.15) is 6.17 Å². The van der Waals surface area contributed by atoms with E-state index in [0.29, 0.717) is 17.9 Å². The summed E-state index contributed by atoms with van der Waals surface area (Å²) in [6, 6.07) is 9.15. The van der Waals surface area contributed by atoms with Crippen LogP contribution in [0.25, 0.3) is 0 Å². The lowest BCUT2D eigenvalue weighted by Crippen LogP contribution is -2.33. The van der Waals surface area contributed by atoms with E-state index in [1.54, 1.807) is 0 Å². The summed E-state index contributed by atoms with van der Waals surface area (Å²) in [4.78, 5) is 14.7. The Morgan fingerprint density at radius 2 is 1.90 bits per heavy atom.